The van der Waals surface area contributed by atoms with Crippen molar-refractivity contribution in [3.63, 3.8) is 0 Å². The second-order valence-electron chi connectivity index (χ2n) is 6.04. The van der Waals surface area contributed by atoms with E-state index in [9.17, 15) is 23.5 Å². The van der Waals surface area contributed by atoms with Crippen LogP contribution >= 0.6 is 0 Å². The van der Waals surface area contributed by atoms with Gasteiger partial charge in [-0.15, -0.1) is 0 Å². The number of likely N-dealkylation sites (tertiary alicyclic amines) is 1. The number of aliphatic carboxylic acids is 1. The molecule has 3 unspecified atom stereocenters. The highest BCUT2D eigenvalue weighted by Gasteiger charge is 2.47. The number of rotatable bonds is 2. The molecule has 1 aromatic carbocycles. The zero-order chi connectivity index (χ0) is 15.9. The Morgan fingerprint density at radius 1 is 1.14 bits per heavy atom. The predicted octanol–water partition coefficient (Wildman–Crippen LogP) is 2.82. The Labute approximate surface area is 126 Å². The molecule has 0 aromatic heterocycles. The topological polar surface area (TPSA) is 57.6 Å². The van der Waals surface area contributed by atoms with Crippen LogP contribution in [-0.4, -0.2) is 34.0 Å². The molecule has 2 fully saturated rings. The van der Waals surface area contributed by atoms with Gasteiger partial charge in [-0.1, -0.05) is 12.8 Å². The van der Waals surface area contributed by atoms with Gasteiger partial charge in [0.2, 0.25) is 0 Å². The number of hydrogen-bond donors (Lipinski definition) is 1. The van der Waals surface area contributed by atoms with Crippen LogP contribution < -0.4 is 0 Å². The first-order valence-corrected chi connectivity index (χ1v) is 7.49. The van der Waals surface area contributed by atoms with Gasteiger partial charge in [0.25, 0.3) is 5.91 Å². The first-order valence-electron chi connectivity index (χ1n) is 7.49. The number of nitrogens with zero attached hydrogens (tertiary/aromatic N) is 1. The Kier molecular flexibility index (Phi) is 3.85. The summed E-state index contributed by atoms with van der Waals surface area (Å²) < 4.78 is 26.4. The lowest BCUT2D eigenvalue weighted by Gasteiger charge is -2.33. The third-order valence-corrected chi connectivity index (χ3v) is 4.77. The Bertz CT molecular complexity index is 619. The molecule has 118 valence electrons. The smallest absolute Gasteiger partial charge is 0.326 e. The van der Waals surface area contributed by atoms with E-state index in [0.29, 0.717) is 6.42 Å². The van der Waals surface area contributed by atoms with E-state index in [0.717, 1.165) is 37.8 Å². The number of carboxylic acids is 1. The van der Waals surface area contributed by atoms with Crippen LogP contribution in [0.3, 0.4) is 0 Å². The SMILES string of the molecule is O=C(O)C1CC2CCCCC2N1C(=O)c1ccc(F)c(F)c1. The van der Waals surface area contributed by atoms with E-state index in [-0.39, 0.29) is 17.5 Å². The van der Waals surface area contributed by atoms with Crippen molar-refractivity contribution in [3.8, 4) is 0 Å². The summed E-state index contributed by atoms with van der Waals surface area (Å²) in [5, 5.41) is 9.40. The summed E-state index contributed by atoms with van der Waals surface area (Å²) in [7, 11) is 0. The third-order valence-electron chi connectivity index (χ3n) is 4.77. The molecule has 1 saturated carbocycles. The molecule has 1 aliphatic heterocycles. The summed E-state index contributed by atoms with van der Waals surface area (Å²) in [6.45, 7) is 0. The molecule has 1 aromatic rings. The molecule has 1 aliphatic carbocycles. The normalized spacial score (nSPS) is 27.5. The lowest BCUT2D eigenvalue weighted by molar-refractivity contribution is -0.141. The van der Waals surface area contributed by atoms with Gasteiger partial charge in [0.15, 0.2) is 11.6 Å². The Hall–Kier alpha value is -1.98. The summed E-state index contributed by atoms with van der Waals surface area (Å²) in [5.41, 5.74) is -0.00336. The molecule has 6 heteroatoms. The number of halogens is 2. The molecule has 1 N–H and O–H groups in total. The van der Waals surface area contributed by atoms with Crippen molar-refractivity contribution in [1.29, 1.82) is 0 Å². The molecule has 1 saturated heterocycles. The van der Waals surface area contributed by atoms with Gasteiger partial charge in [-0.25, -0.2) is 13.6 Å². The van der Waals surface area contributed by atoms with Crippen LogP contribution in [0.4, 0.5) is 8.78 Å². The van der Waals surface area contributed by atoms with Crippen molar-refractivity contribution in [3.05, 3.63) is 35.4 Å². The van der Waals surface area contributed by atoms with E-state index in [2.05, 4.69) is 0 Å². The van der Waals surface area contributed by atoms with E-state index < -0.39 is 29.6 Å². The maximum Gasteiger partial charge on any atom is 0.326 e. The molecular formula is C16H17F2NO3. The molecule has 4 nitrogen and oxygen atoms in total. The number of carbonyl (C=O) groups excluding carboxylic acids is 1. The number of benzene rings is 1. The number of carboxylic acid groups (broad SMARTS) is 1. The minimum absolute atomic E-state index is 0.00336. The average Bonchev–Trinajstić information content (AvgIpc) is 2.89. The highest BCUT2D eigenvalue weighted by atomic mass is 19.2. The van der Waals surface area contributed by atoms with Gasteiger partial charge in [-0.05, 0) is 43.4 Å². The third kappa shape index (κ3) is 2.46. The van der Waals surface area contributed by atoms with Crippen molar-refractivity contribution >= 4 is 11.9 Å². The van der Waals surface area contributed by atoms with Crippen LogP contribution in [0.15, 0.2) is 18.2 Å². The van der Waals surface area contributed by atoms with Gasteiger partial charge in [0.1, 0.15) is 6.04 Å². The molecule has 0 spiro atoms. The summed E-state index contributed by atoms with van der Waals surface area (Å²) >= 11 is 0. The molecule has 3 rings (SSSR count). The Morgan fingerprint density at radius 2 is 1.86 bits per heavy atom. The van der Waals surface area contributed by atoms with E-state index in [4.69, 9.17) is 0 Å². The zero-order valence-corrected chi connectivity index (χ0v) is 12.0. The highest BCUT2D eigenvalue weighted by molar-refractivity contribution is 5.97. The Balaban J connectivity index is 1.93. The van der Waals surface area contributed by atoms with Gasteiger partial charge in [0, 0.05) is 11.6 Å². The van der Waals surface area contributed by atoms with Gasteiger partial charge < -0.3 is 10.0 Å². The van der Waals surface area contributed by atoms with Gasteiger partial charge in [0.05, 0.1) is 0 Å². The quantitative estimate of drug-likeness (QED) is 0.914. The fraction of sp³-hybridized carbons (Fsp3) is 0.500. The van der Waals surface area contributed by atoms with Crippen molar-refractivity contribution in [2.24, 2.45) is 5.92 Å². The standard InChI is InChI=1S/C16H17F2NO3/c17-11-6-5-10(7-12(11)18)15(20)19-13-4-2-1-3-9(13)8-14(19)16(21)22/h5-7,9,13-14H,1-4,8H2,(H,21,22). The fourth-order valence-corrected chi connectivity index (χ4v) is 3.75. The lowest BCUT2D eigenvalue weighted by Crippen LogP contribution is -2.46. The van der Waals surface area contributed by atoms with Crippen LogP contribution in [0.1, 0.15) is 42.5 Å². The van der Waals surface area contributed by atoms with Crippen molar-refractivity contribution in [1.82, 2.24) is 4.90 Å². The largest absolute Gasteiger partial charge is 0.480 e. The van der Waals surface area contributed by atoms with E-state index in [1.54, 1.807) is 0 Å². The molecule has 22 heavy (non-hydrogen) atoms. The first kappa shape index (κ1) is 14.9. The number of carbonyl (C=O) groups is 2. The summed E-state index contributed by atoms with van der Waals surface area (Å²) in [6, 6.07) is 1.94. The lowest BCUT2D eigenvalue weighted by atomic mass is 9.84. The Morgan fingerprint density at radius 3 is 2.55 bits per heavy atom. The number of amides is 1. The first-order chi connectivity index (χ1) is 10.5. The summed E-state index contributed by atoms with van der Waals surface area (Å²) in [6.07, 6.45) is 4.12. The zero-order valence-electron chi connectivity index (χ0n) is 12.0. The van der Waals surface area contributed by atoms with Crippen LogP contribution in [0.5, 0.6) is 0 Å². The monoisotopic (exact) mass is 309 g/mol. The van der Waals surface area contributed by atoms with Gasteiger partial charge in [-0.3, -0.25) is 4.79 Å². The van der Waals surface area contributed by atoms with Crippen molar-refractivity contribution in [2.45, 2.75) is 44.2 Å². The van der Waals surface area contributed by atoms with E-state index >= 15 is 0 Å². The molecule has 1 amide bonds. The van der Waals surface area contributed by atoms with Crippen LogP contribution in [0.25, 0.3) is 0 Å². The average molecular weight is 309 g/mol. The minimum atomic E-state index is -1.10. The molecular weight excluding hydrogens is 292 g/mol. The maximum atomic E-state index is 13.4. The van der Waals surface area contributed by atoms with Crippen molar-refractivity contribution < 1.29 is 23.5 Å². The summed E-state index contributed by atoms with van der Waals surface area (Å²) in [5.74, 6) is -3.50. The van der Waals surface area contributed by atoms with Crippen LogP contribution in [0.2, 0.25) is 0 Å². The number of fused-ring (bicyclic) bond motifs is 1. The number of hydrogen-bond acceptors (Lipinski definition) is 2. The van der Waals surface area contributed by atoms with Gasteiger partial charge in [-0.2, -0.15) is 0 Å². The van der Waals surface area contributed by atoms with E-state index in [1.807, 2.05) is 0 Å². The van der Waals surface area contributed by atoms with Crippen LogP contribution in [0, 0.1) is 17.6 Å². The highest BCUT2D eigenvalue weighted by Crippen LogP contribution is 2.40. The van der Waals surface area contributed by atoms with E-state index in [1.165, 1.54) is 11.0 Å². The molecule has 1 heterocycles. The minimum Gasteiger partial charge on any atom is -0.480 e. The van der Waals surface area contributed by atoms with Crippen molar-refractivity contribution in [2.75, 3.05) is 0 Å². The molecule has 2 aliphatic rings. The maximum absolute atomic E-state index is 13.4. The summed E-state index contributed by atoms with van der Waals surface area (Å²) in [4.78, 5) is 25.5. The molecule has 0 radical (unpaired) electrons. The molecule has 0 bridgehead atoms. The fourth-order valence-electron chi connectivity index (χ4n) is 3.75. The predicted molar refractivity (Wildman–Crippen MR) is 74.3 cm³/mol. The van der Waals surface area contributed by atoms with Crippen LogP contribution in [-0.2, 0) is 4.79 Å². The second kappa shape index (κ2) is 5.66. The molecule has 3 atom stereocenters. The second-order valence-corrected chi connectivity index (χ2v) is 6.04. The van der Waals surface area contributed by atoms with Gasteiger partial charge >= 0.3 is 5.97 Å².